The molecule has 0 aromatic heterocycles. The van der Waals surface area contributed by atoms with E-state index < -0.39 is 0 Å². The zero-order chi connectivity index (χ0) is 4.95. The van der Waals surface area contributed by atoms with Crippen molar-refractivity contribution in [3.8, 4) is 0 Å². The molecule has 7 heavy (non-hydrogen) atoms. The Morgan fingerprint density at radius 1 is 1.29 bits per heavy atom. The van der Waals surface area contributed by atoms with E-state index in [4.69, 9.17) is 0 Å². The standard InChI is InChI=1S/C4H3N3/c1-3-6-7-4-2-5-1/h1-3H. The van der Waals surface area contributed by atoms with Crippen molar-refractivity contribution >= 4 is 18.3 Å². The van der Waals surface area contributed by atoms with Gasteiger partial charge in [-0.15, -0.1) is 10.2 Å². The van der Waals surface area contributed by atoms with Gasteiger partial charge in [-0.25, -0.2) is 0 Å². The molecule has 0 unspecified atom stereocenters. The largest absolute Gasteiger partial charge is 0.253 e. The molecule has 0 radical (unpaired) electrons. The smallest absolute Gasteiger partial charge is 0.0901 e. The maximum absolute atomic E-state index is 3.67. The van der Waals surface area contributed by atoms with Gasteiger partial charge in [-0.2, -0.15) is 0 Å². The van der Waals surface area contributed by atoms with Crippen molar-refractivity contribution in [1.29, 1.82) is 0 Å². The first kappa shape index (κ1) is 3.96. The van der Waals surface area contributed by atoms with E-state index in [1.807, 2.05) is 0 Å². The molecule has 3 nitrogen and oxygen atoms in total. The van der Waals surface area contributed by atoms with Crippen LogP contribution in [0.5, 0.6) is 0 Å². The van der Waals surface area contributed by atoms with Crippen LogP contribution in [0.2, 0.25) is 0 Å². The zero-order valence-electron chi connectivity index (χ0n) is 3.57. The van der Waals surface area contributed by atoms with Gasteiger partial charge in [0.1, 0.15) is 0 Å². The Bertz CT molecular complexity index is 144. The highest BCUT2D eigenvalue weighted by atomic mass is 15.2. The fraction of sp³-hybridized carbons (Fsp3) is 0. The third-order valence-corrected chi connectivity index (χ3v) is 0.467. The monoisotopic (exact) mass is 93.0 g/mol. The summed E-state index contributed by atoms with van der Waals surface area (Å²) in [5.74, 6) is 2.45. The van der Waals surface area contributed by atoms with E-state index in [9.17, 15) is 0 Å². The Hall–Kier alpha value is -1.21. The molecule has 1 heterocycles. The normalized spacial score (nSPS) is 14.9. The van der Waals surface area contributed by atoms with Gasteiger partial charge in [-0.05, 0) is 0 Å². The van der Waals surface area contributed by atoms with Gasteiger partial charge >= 0.3 is 0 Å². The highest BCUT2D eigenvalue weighted by molar-refractivity contribution is 6.16. The lowest BCUT2D eigenvalue weighted by molar-refractivity contribution is 1.28. The van der Waals surface area contributed by atoms with E-state index in [1.165, 1.54) is 12.4 Å². The van der Waals surface area contributed by atoms with Crippen molar-refractivity contribution in [1.82, 2.24) is 0 Å². The molecule has 0 spiro atoms. The first-order valence-corrected chi connectivity index (χ1v) is 1.82. The van der Waals surface area contributed by atoms with Crippen LogP contribution < -0.4 is 0 Å². The lowest BCUT2D eigenvalue weighted by atomic mass is 10.8. The van der Waals surface area contributed by atoms with Crippen LogP contribution in [0.4, 0.5) is 0 Å². The van der Waals surface area contributed by atoms with Crippen molar-refractivity contribution < 1.29 is 0 Å². The van der Waals surface area contributed by atoms with Crippen molar-refractivity contribution in [3.05, 3.63) is 6.20 Å². The fourth-order valence-electron chi connectivity index (χ4n) is 0.237. The van der Waals surface area contributed by atoms with Crippen LogP contribution in [-0.4, -0.2) is 18.3 Å². The fourth-order valence-corrected chi connectivity index (χ4v) is 0.237. The molecule has 0 saturated carbocycles. The van der Waals surface area contributed by atoms with E-state index in [0.717, 1.165) is 0 Å². The summed E-state index contributed by atoms with van der Waals surface area (Å²) in [6, 6.07) is 0. The van der Waals surface area contributed by atoms with Crippen molar-refractivity contribution in [2.24, 2.45) is 15.2 Å². The van der Waals surface area contributed by atoms with E-state index in [-0.39, 0.29) is 0 Å². The number of hydrogen-bond acceptors (Lipinski definition) is 3. The van der Waals surface area contributed by atoms with Gasteiger partial charge in [0.2, 0.25) is 0 Å². The minimum atomic E-state index is 1.45. The molecular weight excluding hydrogens is 90.1 g/mol. The molecular formula is C4H3N3. The summed E-state index contributed by atoms with van der Waals surface area (Å²) < 4.78 is 0. The summed E-state index contributed by atoms with van der Waals surface area (Å²) in [7, 11) is 0. The topological polar surface area (TPSA) is 37.1 Å². The second kappa shape index (κ2) is 2.05. The van der Waals surface area contributed by atoms with Crippen molar-refractivity contribution in [3.63, 3.8) is 0 Å². The highest BCUT2D eigenvalue weighted by Gasteiger charge is 1.64. The average molecular weight is 93.1 g/mol. The Morgan fingerprint density at radius 3 is 3.29 bits per heavy atom. The summed E-state index contributed by atoms with van der Waals surface area (Å²) in [5.41, 5.74) is 0. The second-order valence-corrected chi connectivity index (χ2v) is 0.921. The molecule has 0 atom stereocenters. The second-order valence-electron chi connectivity index (χ2n) is 0.921. The number of hydrogen-bond donors (Lipinski definition) is 0. The number of aliphatic imine (C=N–C) groups is 1. The molecule has 1 rings (SSSR count). The molecule has 0 bridgehead atoms. The Morgan fingerprint density at radius 2 is 2.29 bits per heavy atom. The van der Waals surface area contributed by atoms with E-state index in [1.54, 1.807) is 6.21 Å². The molecule has 3 heteroatoms. The quantitative estimate of drug-likeness (QED) is 0.411. The maximum Gasteiger partial charge on any atom is 0.0901 e. The van der Waals surface area contributed by atoms with Gasteiger partial charge in [0.15, 0.2) is 0 Å². The van der Waals surface area contributed by atoms with Gasteiger partial charge < -0.3 is 0 Å². The van der Waals surface area contributed by atoms with Crippen LogP contribution in [0.15, 0.2) is 21.4 Å². The molecule has 34 valence electrons. The first-order valence-electron chi connectivity index (χ1n) is 1.82. The molecule has 0 aromatic rings. The molecule has 0 N–H and O–H groups in total. The average Bonchev–Trinajstić information content (AvgIpc) is 1.90. The molecule has 1 aliphatic heterocycles. The minimum Gasteiger partial charge on any atom is -0.253 e. The van der Waals surface area contributed by atoms with Gasteiger partial charge in [-0.3, -0.25) is 4.99 Å². The Kier molecular flexibility index (Phi) is 1.16. The Balaban J connectivity index is 2.86. The van der Waals surface area contributed by atoms with E-state index in [2.05, 4.69) is 21.1 Å². The van der Waals surface area contributed by atoms with Gasteiger partial charge in [0.25, 0.3) is 0 Å². The van der Waals surface area contributed by atoms with E-state index >= 15 is 0 Å². The lowest BCUT2D eigenvalue weighted by Crippen LogP contribution is -1.66. The molecule has 0 amide bonds. The molecule has 0 fully saturated rings. The summed E-state index contributed by atoms with van der Waals surface area (Å²) in [5, 5.41) is 6.89. The van der Waals surface area contributed by atoms with Crippen molar-refractivity contribution in [2.45, 2.75) is 0 Å². The maximum atomic E-state index is 3.67. The van der Waals surface area contributed by atoms with E-state index in [0.29, 0.717) is 0 Å². The molecule has 0 aromatic carbocycles. The SMILES string of the molecule is C1=CN=CC=NN=1. The molecule has 0 aliphatic carbocycles. The van der Waals surface area contributed by atoms with Crippen LogP contribution in [0.1, 0.15) is 0 Å². The van der Waals surface area contributed by atoms with Crippen LogP contribution in [0.25, 0.3) is 0 Å². The van der Waals surface area contributed by atoms with Crippen LogP contribution in [0.3, 0.4) is 0 Å². The third kappa shape index (κ3) is 1.11. The summed E-state index contributed by atoms with van der Waals surface area (Å²) in [4.78, 5) is 3.67. The summed E-state index contributed by atoms with van der Waals surface area (Å²) in [6.07, 6.45) is 4.49. The van der Waals surface area contributed by atoms with Gasteiger partial charge in [0, 0.05) is 12.1 Å². The minimum absolute atomic E-state index is 1.45. The van der Waals surface area contributed by atoms with Crippen LogP contribution in [-0.2, 0) is 0 Å². The van der Waals surface area contributed by atoms with Crippen LogP contribution >= 0.6 is 0 Å². The lowest BCUT2D eigenvalue weighted by Gasteiger charge is -1.60. The summed E-state index contributed by atoms with van der Waals surface area (Å²) >= 11 is 0. The molecule has 0 saturated heterocycles. The third-order valence-electron chi connectivity index (χ3n) is 0.467. The van der Waals surface area contributed by atoms with Crippen molar-refractivity contribution in [2.75, 3.05) is 0 Å². The Labute approximate surface area is 40.8 Å². The predicted octanol–water partition coefficient (Wildman–Crippen LogP) is 0.240. The zero-order valence-corrected chi connectivity index (χ0v) is 3.57. The predicted molar refractivity (Wildman–Crippen MR) is 29.0 cm³/mol. The number of rotatable bonds is 0. The molecule has 1 aliphatic rings. The van der Waals surface area contributed by atoms with Gasteiger partial charge in [0.05, 0.1) is 12.4 Å². The first-order chi connectivity index (χ1) is 3.50. The van der Waals surface area contributed by atoms with Gasteiger partial charge in [-0.1, -0.05) is 0 Å². The number of nitrogens with zero attached hydrogens (tertiary/aromatic N) is 3. The summed E-state index contributed by atoms with van der Waals surface area (Å²) in [6.45, 7) is 0. The highest BCUT2D eigenvalue weighted by Crippen LogP contribution is 1.69. The van der Waals surface area contributed by atoms with Crippen LogP contribution in [0, 0.1) is 0 Å².